The van der Waals surface area contributed by atoms with Gasteiger partial charge in [0.05, 0.1) is 23.5 Å². The molecule has 0 heterocycles. The molecule has 1 atom stereocenters. The van der Waals surface area contributed by atoms with Crippen molar-refractivity contribution >= 4 is 23.0 Å². The molecule has 21 heavy (non-hydrogen) atoms. The summed E-state index contributed by atoms with van der Waals surface area (Å²) in [5, 5.41) is 11.0. The van der Waals surface area contributed by atoms with Gasteiger partial charge in [-0.1, -0.05) is 18.2 Å². The molecule has 0 fully saturated rings. The molecule has 0 amide bonds. The van der Waals surface area contributed by atoms with Crippen LogP contribution in [-0.4, -0.2) is 23.3 Å². The largest absolute Gasteiger partial charge is 0.466 e. The van der Waals surface area contributed by atoms with Gasteiger partial charge in [-0.15, -0.1) is 0 Å². The number of nitrogens with zero attached hydrogens (tertiary/aromatic N) is 1. The van der Waals surface area contributed by atoms with Gasteiger partial charge in [-0.05, 0) is 18.9 Å². The number of ether oxygens (including phenoxy) is 1. The van der Waals surface area contributed by atoms with Crippen LogP contribution in [0.1, 0.15) is 25.3 Å². The zero-order valence-corrected chi connectivity index (χ0v) is 11.6. The van der Waals surface area contributed by atoms with Crippen LogP contribution in [-0.2, 0) is 14.3 Å². The number of allylic oxidation sites excluding steroid dienone is 2. The van der Waals surface area contributed by atoms with Crippen molar-refractivity contribution in [3.8, 4) is 0 Å². The Morgan fingerprint density at radius 2 is 2.14 bits per heavy atom. The lowest BCUT2D eigenvalue weighted by molar-refractivity contribution is -0.385. The normalized spacial score (nSPS) is 17.5. The number of hydrogen-bond acceptors (Lipinski definition) is 5. The molecule has 0 aliphatic heterocycles. The third-order valence-corrected chi connectivity index (χ3v) is 3.28. The number of nitro groups is 1. The third kappa shape index (κ3) is 3.34. The average molecular weight is 289 g/mol. The highest BCUT2D eigenvalue weighted by Gasteiger charge is 2.30. The van der Waals surface area contributed by atoms with Crippen molar-refractivity contribution in [2.75, 3.05) is 6.61 Å². The first-order valence-corrected chi connectivity index (χ1v) is 6.67. The van der Waals surface area contributed by atoms with Crippen molar-refractivity contribution in [3.63, 3.8) is 0 Å². The standard InChI is InChI=1S/C15H15NO5/c1-2-21-15(18)9-10-7-12(14(17)8-10)11-5-3-4-6-13(11)16(19)20/h3-7,10H,2,8-9H2,1H3/t10-/m0/s1. The van der Waals surface area contributed by atoms with Gasteiger partial charge in [0.25, 0.3) is 5.69 Å². The SMILES string of the molecule is CCOC(=O)C[C@H]1C=C(c2ccccc2[N+](=O)[O-])C(=O)C1. The number of nitro benzene ring substituents is 1. The summed E-state index contributed by atoms with van der Waals surface area (Å²) in [4.78, 5) is 34.0. The number of para-hydroxylation sites is 1. The van der Waals surface area contributed by atoms with Crippen molar-refractivity contribution < 1.29 is 19.2 Å². The predicted octanol–water partition coefficient (Wildman–Crippen LogP) is 2.52. The summed E-state index contributed by atoms with van der Waals surface area (Å²) in [6, 6.07) is 6.11. The van der Waals surface area contributed by atoms with E-state index in [4.69, 9.17) is 4.74 Å². The van der Waals surface area contributed by atoms with Crippen molar-refractivity contribution in [2.45, 2.75) is 19.8 Å². The smallest absolute Gasteiger partial charge is 0.306 e. The molecule has 0 unspecified atom stereocenters. The highest BCUT2D eigenvalue weighted by Crippen LogP contribution is 2.34. The van der Waals surface area contributed by atoms with E-state index < -0.39 is 4.92 Å². The Balaban J connectivity index is 2.25. The number of benzene rings is 1. The minimum Gasteiger partial charge on any atom is -0.466 e. The fourth-order valence-corrected chi connectivity index (χ4v) is 2.40. The fraction of sp³-hybridized carbons (Fsp3) is 0.333. The van der Waals surface area contributed by atoms with Gasteiger partial charge in [0.1, 0.15) is 0 Å². The van der Waals surface area contributed by atoms with Gasteiger partial charge in [0.15, 0.2) is 5.78 Å². The topological polar surface area (TPSA) is 86.5 Å². The number of ketones is 1. The van der Waals surface area contributed by atoms with Gasteiger partial charge in [-0.2, -0.15) is 0 Å². The van der Waals surface area contributed by atoms with Gasteiger partial charge in [0, 0.05) is 18.1 Å². The molecular weight excluding hydrogens is 274 g/mol. The first-order chi connectivity index (χ1) is 10.0. The molecule has 0 bridgehead atoms. The van der Waals surface area contributed by atoms with E-state index in [1.165, 1.54) is 6.07 Å². The lowest BCUT2D eigenvalue weighted by atomic mass is 10.0. The second-order valence-electron chi connectivity index (χ2n) is 4.75. The van der Waals surface area contributed by atoms with Crippen LogP contribution in [0.5, 0.6) is 0 Å². The van der Waals surface area contributed by atoms with Crippen LogP contribution in [0.25, 0.3) is 5.57 Å². The maximum Gasteiger partial charge on any atom is 0.306 e. The number of carbonyl (C=O) groups is 2. The molecule has 1 aliphatic rings. The van der Waals surface area contributed by atoms with Crippen LogP contribution in [0.2, 0.25) is 0 Å². The Morgan fingerprint density at radius 1 is 1.43 bits per heavy atom. The van der Waals surface area contributed by atoms with Gasteiger partial charge in [0.2, 0.25) is 0 Å². The van der Waals surface area contributed by atoms with Crippen molar-refractivity contribution in [3.05, 3.63) is 46.0 Å². The lowest BCUT2D eigenvalue weighted by Crippen LogP contribution is -2.09. The number of carbonyl (C=O) groups excluding carboxylic acids is 2. The number of hydrogen-bond donors (Lipinski definition) is 0. The van der Waals surface area contributed by atoms with E-state index in [0.29, 0.717) is 17.7 Å². The van der Waals surface area contributed by atoms with E-state index in [2.05, 4.69) is 0 Å². The minimum atomic E-state index is -0.512. The highest BCUT2D eigenvalue weighted by atomic mass is 16.6. The molecule has 1 aromatic rings. The van der Waals surface area contributed by atoms with E-state index in [9.17, 15) is 19.7 Å². The number of esters is 1. The second kappa shape index (κ2) is 6.30. The molecule has 0 saturated carbocycles. The number of Topliss-reactive ketones (excluding diaryl/α,β-unsaturated/α-hetero) is 1. The quantitative estimate of drug-likeness (QED) is 0.472. The molecule has 0 saturated heterocycles. The van der Waals surface area contributed by atoms with E-state index >= 15 is 0 Å². The molecule has 0 aromatic heterocycles. The first kappa shape index (κ1) is 14.9. The van der Waals surface area contributed by atoms with Crippen molar-refractivity contribution in [1.82, 2.24) is 0 Å². The zero-order chi connectivity index (χ0) is 15.4. The summed E-state index contributed by atoms with van der Waals surface area (Å²) in [6.07, 6.45) is 1.94. The van der Waals surface area contributed by atoms with Crippen LogP contribution >= 0.6 is 0 Å². The minimum absolute atomic E-state index is 0.103. The van der Waals surface area contributed by atoms with Crippen molar-refractivity contribution in [2.24, 2.45) is 5.92 Å². The number of rotatable bonds is 5. The zero-order valence-electron chi connectivity index (χ0n) is 11.6. The average Bonchev–Trinajstić information content (AvgIpc) is 2.79. The summed E-state index contributed by atoms with van der Waals surface area (Å²) in [7, 11) is 0. The van der Waals surface area contributed by atoms with Gasteiger partial charge in [-0.25, -0.2) is 0 Å². The Kier molecular flexibility index (Phi) is 4.47. The van der Waals surface area contributed by atoms with E-state index in [1.807, 2.05) is 0 Å². The highest BCUT2D eigenvalue weighted by molar-refractivity contribution is 6.24. The van der Waals surface area contributed by atoms with E-state index in [-0.39, 0.29) is 36.2 Å². The fourth-order valence-electron chi connectivity index (χ4n) is 2.40. The Bertz CT molecular complexity index is 620. The van der Waals surface area contributed by atoms with E-state index in [1.54, 1.807) is 31.2 Å². The van der Waals surface area contributed by atoms with Gasteiger partial charge < -0.3 is 4.74 Å². The molecule has 6 nitrogen and oxygen atoms in total. The summed E-state index contributed by atoms with van der Waals surface area (Å²) in [6.45, 7) is 2.01. The maximum atomic E-state index is 12.1. The molecule has 1 aromatic carbocycles. The van der Waals surface area contributed by atoms with Crippen LogP contribution in [0, 0.1) is 16.0 Å². The molecule has 0 spiro atoms. The second-order valence-corrected chi connectivity index (χ2v) is 4.75. The monoisotopic (exact) mass is 289 g/mol. The molecule has 1 aliphatic carbocycles. The molecule has 0 N–H and O–H groups in total. The molecule has 2 rings (SSSR count). The van der Waals surface area contributed by atoms with Crippen LogP contribution in [0.15, 0.2) is 30.3 Å². The lowest BCUT2D eigenvalue weighted by Gasteiger charge is -2.04. The predicted molar refractivity (Wildman–Crippen MR) is 75.4 cm³/mol. The Morgan fingerprint density at radius 3 is 2.81 bits per heavy atom. The molecule has 0 radical (unpaired) electrons. The molecular formula is C15H15NO5. The van der Waals surface area contributed by atoms with Crippen LogP contribution in [0.3, 0.4) is 0 Å². The summed E-state index contributed by atoms with van der Waals surface area (Å²) >= 11 is 0. The Hall–Kier alpha value is -2.50. The third-order valence-electron chi connectivity index (χ3n) is 3.28. The first-order valence-electron chi connectivity index (χ1n) is 6.67. The Labute approximate surface area is 121 Å². The van der Waals surface area contributed by atoms with Gasteiger partial charge >= 0.3 is 5.97 Å². The molecule has 110 valence electrons. The summed E-state index contributed by atoms with van der Waals surface area (Å²) in [5.74, 6) is -0.805. The van der Waals surface area contributed by atoms with Crippen LogP contribution in [0.4, 0.5) is 5.69 Å². The maximum absolute atomic E-state index is 12.1. The molecule has 6 heteroatoms. The van der Waals surface area contributed by atoms with E-state index in [0.717, 1.165) is 0 Å². The summed E-state index contributed by atoms with van der Waals surface area (Å²) < 4.78 is 4.85. The van der Waals surface area contributed by atoms with Crippen molar-refractivity contribution in [1.29, 1.82) is 0 Å². The van der Waals surface area contributed by atoms with Gasteiger partial charge in [-0.3, -0.25) is 19.7 Å². The van der Waals surface area contributed by atoms with Crippen LogP contribution < -0.4 is 0 Å². The summed E-state index contributed by atoms with van der Waals surface area (Å²) in [5.41, 5.74) is 0.518.